The van der Waals surface area contributed by atoms with Gasteiger partial charge in [0.25, 0.3) is 0 Å². The first-order valence-corrected chi connectivity index (χ1v) is 14.7. The van der Waals surface area contributed by atoms with Crippen molar-refractivity contribution in [2.45, 2.75) is 107 Å². The Labute approximate surface area is 237 Å². The SMILES string of the molecule is C[C@@H]1O[C@H](O[C@H]2CC[C@]3(C)[C@H]4[C@H](O)C(=O)[C@]5(C)C(C6=CC(=O)OC6)=CC[C@]5(O)[C@@H]4CC[C@@]3(O)C2)C(=O)[C@@H]2OCO[C@@H]12. The minimum atomic E-state index is -1.48. The van der Waals surface area contributed by atoms with Crippen LogP contribution >= 0.6 is 0 Å². The summed E-state index contributed by atoms with van der Waals surface area (Å²) in [6.45, 7) is 5.42. The molecule has 0 aromatic heterocycles. The fraction of sp³-hybridized carbons (Fsp3) is 0.767. The molecule has 41 heavy (non-hydrogen) atoms. The normalized spacial score (nSPS) is 52.7. The average molecular weight is 575 g/mol. The van der Waals surface area contributed by atoms with E-state index in [1.165, 1.54) is 6.08 Å². The Morgan fingerprint density at radius 1 is 1.07 bits per heavy atom. The van der Waals surface area contributed by atoms with Crippen LogP contribution < -0.4 is 0 Å². The molecule has 7 aliphatic rings. The molecule has 0 spiro atoms. The lowest BCUT2D eigenvalue weighted by Gasteiger charge is -2.66. The summed E-state index contributed by atoms with van der Waals surface area (Å²) in [5.74, 6) is -2.48. The monoisotopic (exact) mass is 574 g/mol. The second-order valence-electron chi connectivity index (χ2n) is 13.5. The van der Waals surface area contributed by atoms with Crippen LogP contribution in [0, 0.1) is 22.7 Å². The first kappa shape index (κ1) is 27.8. The van der Waals surface area contributed by atoms with Gasteiger partial charge in [-0.05, 0) is 57.4 Å². The van der Waals surface area contributed by atoms with Gasteiger partial charge in [0.1, 0.15) is 25.6 Å². The number of fused-ring (bicyclic) bond motifs is 6. The summed E-state index contributed by atoms with van der Waals surface area (Å²) in [4.78, 5) is 38.8. The highest BCUT2D eigenvalue weighted by atomic mass is 16.8. The van der Waals surface area contributed by atoms with Gasteiger partial charge in [-0.1, -0.05) is 13.0 Å². The maximum atomic E-state index is 14.1. The molecule has 3 N–H and O–H groups in total. The van der Waals surface area contributed by atoms with E-state index in [4.69, 9.17) is 23.7 Å². The van der Waals surface area contributed by atoms with Gasteiger partial charge >= 0.3 is 5.97 Å². The van der Waals surface area contributed by atoms with Crippen LogP contribution in [-0.2, 0) is 38.1 Å². The van der Waals surface area contributed by atoms with Gasteiger partial charge in [0.05, 0.1) is 28.8 Å². The van der Waals surface area contributed by atoms with Crippen molar-refractivity contribution < 1.29 is 53.4 Å². The van der Waals surface area contributed by atoms with E-state index in [0.717, 1.165) is 0 Å². The van der Waals surface area contributed by atoms with Crippen molar-refractivity contribution >= 4 is 17.5 Å². The van der Waals surface area contributed by atoms with Crippen LogP contribution in [0.5, 0.6) is 0 Å². The van der Waals surface area contributed by atoms with E-state index in [-0.39, 0.29) is 32.0 Å². The standard InChI is InChI=1S/C30H38O11/c1-14-23-24(39-13-38-23)22(33)26(40-14)41-16-4-7-27(2)20-18(5-8-29(27,35)11-16)30(36)9-6-17(15-10-19(31)37-12-15)28(30,3)25(34)21(20)32/h6,10,14,16,18,20-21,23-24,26,32,35-36H,4-5,7-9,11-13H2,1-3H3/t14-,16-,18+,20+,21-,23-,24-,26+,27+,28-,29+,30-/m0/s1. The lowest BCUT2D eigenvalue weighted by atomic mass is 9.41. The molecular weight excluding hydrogens is 536 g/mol. The van der Waals surface area contributed by atoms with Gasteiger partial charge in [0.2, 0.25) is 12.1 Å². The number of Topliss-reactive ketones (excluding diaryl/α,β-unsaturated/α-hetero) is 2. The van der Waals surface area contributed by atoms with E-state index in [9.17, 15) is 29.7 Å². The first-order valence-electron chi connectivity index (χ1n) is 14.7. The molecule has 224 valence electrons. The number of aliphatic hydroxyl groups excluding tert-OH is 1. The number of aliphatic hydroxyl groups is 3. The number of rotatable bonds is 3. The van der Waals surface area contributed by atoms with Crippen LogP contribution in [0.1, 0.15) is 59.3 Å². The molecule has 0 aromatic carbocycles. The maximum Gasteiger partial charge on any atom is 0.331 e. The summed E-state index contributed by atoms with van der Waals surface area (Å²) >= 11 is 0. The Morgan fingerprint density at radius 3 is 2.59 bits per heavy atom. The van der Waals surface area contributed by atoms with Crippen LogP contribution in [0.4, 0.5) is 0 Å². The molecule has 3 saturated carbocycles. The van der Waals surface area contributed by atoms with Gasteiger partial charge < -0.3 is 39.0 Å². The largest absolute Gasteiger partial charge is 0.458 e. The molecule has 12 atom stereocenters. The third-order valence-electron chi connectivity index (χ3n) is 11.8. The van der Waals surface area contributed by atoms with E-state index in [2.05, 4.69) is 0 Å². The Bertz CT molecular complexity index is 1260. The van der Waals surface area contributed by atoms with Crippen LogP contribution in [0.25, 0.3) is 0 Å². The van der Waals surface area contributed by atoms with Gasteiger partial charge in [0.15, 0.2) is 11.9 Å². The third-order valence-corrected chi connectivity index (χ3v) is 11.8. The van der Waals surface area contributed by atoms with Crippen molar-refractivity contribution in [3.63, 3.8) is 0 Å². The molecule has 11 nitrogen and oxygen atoms in total. The fourth-order valence-corrected chi connectivity index (χ4v) is 9.46. The maximum absolute atomic E-state index is 14.1. The number of carbonyl (C=O) groups is 3. The summed E-state index contributed by atoms with van der Waals surface area (Å²) < 4.78 is 28.0. The molecule has 0 amide bonds. The minimum Gasteiger partial charge on any atom is -0.458 e. The highest BCUT2D eigenvalue weighted by Crippen LogP contribution is 2.68. The molecule has 0 unspecified atom stereocenters. The Kier molecular flexibility index (Phi) is 6.11. The molecule has 0 radical (unpaired) electrons. The van der Waals surface area contributed by atoms with Gasteiger partial charge in [-0.15, -0.1) is 0 Å². The van der Waals surface area contributed by atoms with Crippen molar-refractivity contribution in [3.8, 4) is 0 Å². The minimum absolute atomic E-state index is 0.0263. The Morgan fingerprint density at radius 2 is 1.85 bits per heavy atom. The van der Waals surface area contributed by atoms with Crippen molar-refractivity contribution in [1.29, 1.82) is 0 Å². The van der Waals surface area contributed by atoms with E-state index in [1.807, 2.05) is 6.92 Å². The van der Waals surface area contributed by atoms with Gasteiger partial charge in [-0.25, -0.2) is 4.79 Å². The second kappa shape index (κ2) is 9.01. The molecule has 3 heterocycles. The topological polar surface area (TPSA) is 158 Å². The average Bonchev–Trinajstić information content (AvgIpc) is 3.65. The fourth-order valence-electron chi connectivity index (χ4n) is 9.46. The van der Waals surface area contributed by atoms with Crippen LogP contribution in [-0.4, -0.2) is 94.3 Å². The zero-order chi connectivity index (χ0) is 29.1. The summed E-state index contributed by atoms with van der Waals surface area (Å²) in [6.07, 6.45) is 0.534. The Balaban J connectivity index is 1.14. The first-order chi connectivity index (χ1) is 19.3. The number of cyclic esters (lactones) is 1. The van der Waals surface area contributed by atoms with E-state index < -0.39 is 82.4 Å². The number of ether oxygens (including phenoxy) is 5. The molecule has 7 rings (SSSR count). The van der Waals surface area contributed by atoms with E-state index in [0.29, 0.717) is 36.8 Å². The van der Waals surface area contributed by atoms with Gasteiger partial charge in [0, 0.05) is 29.4 Å². The third kappa shape index (κ3) is 3.54. The van der Waals surface area contributed by atoms with Gasteiger partial charge in [-0.2, -0.15) is 0 Å². The van der Waals surface area contributed by atoms with Crippen LogP contribution in [0.3, 0.4) is 0 Å². The lowest BCUT2D eigenvalue weighted by molar-refractivity contribution is -0.279. The predicted octanol–water partition coefficient (Wildman–Crippen LogP) is 0.869. The van der Waals surface area contributed by atoms with E-state index in [1.54, 1.807) is 19.9 Å². The number of hydrogen-bond donors (Lipinski definition) is 3. The molecular formula is C30H38O11. The molecule has 5 fully saturated rings. The zero-order valence-electron chi connectivity index (χ0n) is 23.5. The van der Waals surface area contributed by atoms with Crippen LogP contribution in [0.2, 0.25) is 0 Å². The summed E-state index contributed by atoms with van der Waals surface area (Å²) in [5, 5.41) is 36.2. The predicted molar refractivity (Wildman–Crippen MR) is 138 cm³/mol. The van der Waals surface area contributed by atoms with Crippen molar-refractivity contribution in [2.24, 2.45) is 22.7 Å². The number of esters is 1. The quantitative estimate of drug-likeness (QED) is 0.324. The van der Waals surface area contributed by atoms with E-state index >= 15 is 0 Å². The lowest BCUT2D eigenvalue weighted by Crippen LogP contribution is -2.73. The number of hydrogen-bond acceptors (Lipinski definition) is 11. The van der Waals surface area contributed by atoms with Crippen molar-refractivity contribution in [3.05, 3.63) is 23.3 Å². The zero-order valence-corrected chi connectivity index (χ0v) is 23.5. The van der Waals surface area contributed by atoms with Crippen LogP contribution in [0.15, 0.2) is 23.3 Å². The summed E-state index contributed by atoms with van der Waals surface area (Å²) in [7, 11) is 0. The summed E-state index contributed by atoms with van der Waals surface area (Å²) in [5.41, 5.74) is -3.98. The van der Waals surface area contributed by atoms with Gasteiger partial charge in [-0.3, -0.25) is 9.59 Å². The summed E-state index contributed by atoms with van der Waals surface area (Å²) in [6, 6.07) is 0. The molecule has 0 aromatic rings. The molecule has 0 bridgehead atoms. The molecule has 4 aliphatic carbocycles. The Hall–Kier alpha value is -1.99. The molecule has 2 saturated heterocycles. The number of carbonyl (C=O) groups excluding carboxylic acids is 3. The molecule has 3 aliphatic heterocycles. The van der Waals surface area contributed by atoms with Crippen molar-refractivity contribution in [2.75, 3.05) is 13.4 Å². The highest BCUT2D eigenvalue weighted by Gasteiger charge is 2.74. The smallest absolute Gasteiger partial charge is 0.331 e. The second-order valence-corrected chi connectivity index (χ2v) is 13.5. The van der Waals surface area contributed by atoms with Crippen molar-refractivity contribution in [1.82, 2.24) is 0 Å². The molecule has 11 heteroatoms. The number of ketones is 2. The highest BCUT2D eigenvalue weighted by molar-refractivity contribution is 5.97.